The molecule has 0 radical (unpaired) electrons. The van der Waals surface area contributed by atoms with Gasteiger partial charge in [0.25, 0.3) is 0 Å². The molecule has 1 aliphatic carbocycles. The van der Waals surface area contributed by atoms with Gasteiger partial charge in [0.05, 0.1) is 5.70 Å². The number of azo groups is 1. The summed E-state index contributed by atoms with van der Waals surface area (Å²) in [6.45, 7) is 0. The Morgan fingerprint density at radius 1 is 1.33 bits per heavy atom. The number of allylic oxidation sites excluding steroid dienone is 1. The molecular formula is C8H8N2O2. The predicted octanol–water partition coefficient (Wildman–Crippen LogP) is 1.23. The first-order valence-corrected chi connectivity index (χ1v) is 3.96. The summed E-state index contributed by atoms with van der Waals surface area (Å²) < 4.78 is 0. The number of nitrogens with zero attached hydrogens (tertiary/aromatic N) is 2. The molecule has 12 heavy (non-hydrogen) atoms. The van der Waals surface area contributed by atoms with E-state index in [4.69, 9.17) is 0 Å². The van der Waals surface area contributed by atoms with E-state index in [0.29, 0.717) is 11.6 Å². The van der Waals surface area contributed by atoms with Gasteiger partial charge >= 0.3 is 5.91 Å². The first-order valence-electron chi connectivity index (χ1n) is 3.96. The third kappa shape index (κ3) is 1.47. The fourth-order valence-corrected chi connectivity index (χ4v) is 1.12. The summed E-state index contributed by atoms with van der Waals surface area (Å²) in [5, 5.41) is 6.90. The SMILES string of the molecule is O=C1C=C(CC2CC2)N=NC1=O. The third-order valence-electron chi connectivity index (χ3n) is 1.97. The minimum atomic E-state index is -0.755. The number of rotatable bonds is 2. The van der Waals surface area contributed by atoms with E-state index in [1.807, 2.05) is 0 Å². The Morgan fingerprint density at radius 2 is 2.08 bits per heavy atom. The molecular weight excluding hydrogens is 156 g/mol. The zero-order chi connectivity index (χ0) is 8.55. The van der Waals surface area contributed by atoms with Gasteiger partial charge in [0, 0.05) is 6.08 Å². The lowest BCUT2D eigenvalue weighted by molar-refractivity contribution is -0.133. The van der Waals surface area contributed by atoms with Crippen molar-refractivity contribution in [3.8, 4) is 0 Å². The van der Waals surface area contributed by atoms with Crippen LogP contribution in [0, 0.1) is 5.92 Å². The van der Waals surface area contributed by atoms with Crippen LogP contribution in [0.1, 0.15) is 19.3 Å². The van der Waals surface area contributed by atoms with Crippen LogP contribution in [0.4, 0.5) is 0 Å². The van der Waals surface area contributed by atoms with E-state index in [0.717, 1.165) is 6.42 Å². The molecule has 1 amide bonds. The van der Waals surface area contributed by atoms with Crippen LogP contribution < -0.4 is 0 Å². The smallest absolute Gasteiger partial charge is 0.284 e. The quantitative estimate of drug-likeness (QED) is 0.576. The first kappa shape index (κ1) is 7.34. The minimum absolute atomic E-state index is 0.541. The van der Waals surface area contributed by atoms with Gasteiger partial charge in [-0.15, -0.1) is 5.11 Å². The molecule has 0 N–H and O–H groups in total. The van der Waals surface area contributed by atoms with Crippen molar-refractivity contribution in [2.24, 2.45) is 16.1 Å². The standard InChI is InChI=1S/C8H8N2O2/c11-7-4-6(3-5-1-2-5)9-10-8(7)12/h4-5H,1-3H2. The summed E-state index contributed by atoms with van der Waals surface area (Å²) in [5.74, 6) is -0.633. The van der Waals surface area contributed by atoms with Gasteiger partial charge in [0.2, 0.25) is 5.78 Å². The van der Waals surface area contributed by atoms with Gasteiger partial charge in [0.15, 0.2) is 0 Å². The molecule has 1 heterocycles. The summed E-state index contributed by atoms with van der Waals surface area (Å²) in [5.41, 5.74) is 0.655. The van der Waals surface area contributed by atoms with Gasteiger partial charge < -0.3 is 0 Å². The van der Waals surface area contributed by atoms with Gasteiger partial charge in [-0.25, -0.2) is 0 Å². The molecule has 0 saturated heterocycles. The second kappa shape index (κ2) is 2.62. The molecule has 4 nitrogen and oxygen atoms in total. The highest BCUT2D eigenvalue weighted by Crippen LogP contribution is 2.35. The molecule has 0 aromatic rings. The van der Waals surface area contributed by atoms with Gasteiger partial charge in [0.1, 0.15) is 0 Å². The summed E-state index contributed by atoms with van der Waals surface area (Å²) in [4.78, 5) is 21.4. The van der Waals surface area contributed by atoms with Gasteiger partial charge in [-0.3, -0.25) is 9.59 Å². The highest BCUT2D eigenvalue weighted by Gasteiger charge is 2.25. The second-order valence-corrected chi connectivity index (χ2v) is 3.15. The number of ketones is 1. The fraction of sp³-hybridized carbons (Fsp3) is 0.500. The molecule has 0 aromatic carbocycles. The van der Waals surface area contributed by atoms with E-state index < -0.39 is 11.7 Å². The average Bonchev–Trinajstić information content (AvgIpc) is 2.81. The Hall–Kier alpha value is -1.32. The molecule has 0 spiro atoms. The van der Waals surface area contributed by atoms with E-state index in [-0.39, 0.29) is 0 Å². The maximum Gasteiger partial charge on any atom is 0.335 e. The van der Waals surface area contributed by atoms with Crippen molar-refractivity contribution in [1.29, 1.82) is 0 Å². The predicted molar refractivity (Wildman–Crippen MR) is 40.3 cm³/mol. The minimum Gasteiger partial charge on any atom is -0.284 e. The van der Waals surface area contributed by atoms with Crippen LogP contribution in [0.3, 0.4) is 0 Å². The van der Waals surface area contributed by atoms with Crippen LogP contribution in [0.25, 0.3) is 0 Å². The third-order valence-corrected chi connectivity index (χ3v) is 1.97. The zero-order valence-corrected chi connectivity index (χ0v) is 6.49. The Kier molecular flexibility index (Phi) is 1.60. The van der Waals surface area contributed by atoms with Crippen molar-refractivity contribution in [2.75, 3.05) is 0 Å². The van der Waals surface area contributed by atoms with Crippen LogP contribution in [0.15, 0.2) is 22.0 Å². The zero-order valence-electron chi connectivity index (χ0n) is 6.49. The Labute approximate surface area is 69.4 Å². The Morgan fingerprint density at radius 3 is 2.67 bits per heavy atom. The van der Waals surface area contributed by atoms with E-state index in [1.54, 1.807) is 0 Å². The number of carbonyl (C=O) groups is 2. The lowest BCUT2D eigenvalue weighted by Gasteiger charge is -2.00. The number of amides is 1. The topological polar surface area (TPSA) is 58.9 Å². The molecule has 1 aliphatic heterocycles. The van der Waals surface area contributed by atoms with E-state index in [2.05, 4.69) is 10.2 Å². The van der Waals surface area contributed by atoms with Crippen molar-refractivity contribution in [2.45, 2.75) is 19.3 Å². The van der Waals surface area contributed by atoms with Gasteiger partial charge in [-0.05, 0) is 25.2 Å². The molecule has 62 valence electrons. The lowest BCUT2D eigenvalue weighted by atomic mass is 10.2. The number of hydrogen-bond acceptors (Lipinski definition) is 3. The summed E-state index contributed by atoms with van der Waals surface area (Å²) in [7, 11) is 0. The normalized spacial score (nSPS) is 22.8. The second-order valence-electron chi connectivity index (χ2n) is 3.15. The van der Waals surface area contributed by atoms with Gasteiger partial charge in [-0.1, -0.05) is 0 Å². The van der Waals surface area contributed by atoms with Crippen molar-refractivity contribution >= 4 is 11.7 Å². The van der Waals surface area contributed by atoms with Crippen LogP contribution in [-0.4, -0.2) is 11.7 Å². The summed E-state index contributed by atoms with van der Waals surface area (Å²) in [6.07, 6.45) is 4.50. The van der Waals surface area contributed by atoms with E-state index in [9.17, 15) is 9.59 Å². The van der Waals surface area contributed by atoms with Crippen molar-refractivity contribution in [3.63, 3.8) is 0 Å². The number of carbonyl (C=O) groups excluding carboxylic acids is 2. The largest absolute Gasteiger partial charge is 0.335 e. The lowest BCUT2D eigenvalue weighted by Crippen LogP contribution is -2.11. The molecule has 0 bridgehead atoms. The van der Waals surface area contributed by atoms with Crippen LogP contribution in [-0.2, 0) is 9.59 Å². The summed E-state index contributed by atoms with van der Waals surface area (Å²) >= 11 is 0. The van der Waals surface area contributed by atoms with Crippen LogP contribution >= 0.6 is 0 Å². The van der Waals surface area contributed by atoms with Gasteiger partial charge in [-0.2, -0.15) is 5.11 Å². The Balaban J connectivity index is 2.06. The summed E-state index contributed by atoms with van der Waals surface area (Å²) in [6, 6.07) is 0. The maximum atomic E-state index is 10.8. The monoisotopic (exact) mass is 164 g/mol. The van der Waals surface area contributed by atoms with Crippen molar-refractivity contribution in [3.05, 3.63) is 11.8 Å². The highest BCUT2D eigenvalue weighted by molar-refractivity contribution is 6.41. The molecule has 4 heteroatoms. The van der Waals surface area contributed by atoms with Crippen molar-refractivity contribution < 1.29 is 9.59 Å². The molecule has 1 saturated carbocycles. The molecule has 2 aliphatic rings. The molecule has 0 aromatic heterocycles. The van der Waals surface area contributed by atoms with E-state index >= 15 is 0 Å². The molecule has 2 rings (SSSR count). The van der Waals surface area contributed by atoms with Crippen LogP contribution in [0.5, 0.6) is 0 Å². The Bertz CT molecular complexity index is 300. The molecule has 1 fully saturated rings. The first-order chi connectivity index (χ1) is 5.75. The van der Waals surface area contributed by atoms with E-state index in [1.165, 1.54) is 18.9 Å². The van der Waals surface area contributed by atoms with Crippen LogP contribution in [0.2, 0.25) is 0 Å². The molecule has 0 atom stereocenters. The highest BCUT2D eigenvalue weighted by atomic mass is 16.2. The fourth-order valence-electron chi connectivity index (χ4n) is 1.12. The maximum absolute atomic E-state index is 10.8. The number of hydrogen-bond donors (Lipinski definition) is 0. The molecule has 0 unspecified atom stereocenters. The average molecular weight is 164 g/mol. The van der Waals surface area contributed by atoms with Crippen molar-refractivity contribution in [1.82, 2.24) is 0 Å².